The number of amides is 1. The summed E-state index contributed by atoms with van der Waals surface area (Å²) in [6.45, 7) is 5.30. The number of benzene rings is 2. The maximum atomic E-state index is 13.7. The highest BCUT2D eigenvalue weighted by Gasteiger charge is 2.22. The molecule has 5 nitrogen and oxygen atoms in total. The molecule has 1 amide bonds. The van der Waals surface area contributed by atoms with Gasteiger partial charge in [-0.2, -0.15) is 0 Å². The van der Waals surface area contributed by atoms with Gasteiger partial charge in [0, 0.05) is 31.0 Å². The largest absolute Gasteiger partial charge is 0.337 e. The topological polar surface area (TPSA) is 51.0 Å². The second-order valence-corrected chi connectivity index (χ2v) is 7.98. The van der Waals surface area contributed by atoms with Gasteiger partial charge in [0.25, 0.3) is 5.91 Å². The molecule has 4 aromatic rings. The predicted octanol–water partition coefficient (Wildman–Crippen LogP) is 4.99. The molecule has 29 heavy (non-hydrogen) atoms. The number of fused-ring (bicyclic) bond motifs is 1. The zero-order valence-corrected chi connectivity index (χ0v) is 17.1. The lowest BCUT2D eigenvalue weighted by atomic mass is 10.1. The van der Waals surface area contributed by atoms with Crippen LogP contribution >= 0.6 is 11.3 Å². The van der Waals surface area contributed by atoms with Crippen LogP contribution in [0.3, 0.4) is 0 Å². The van der Waals surface area contributed by atoms with Gasteiger partial charge in [0.15, 0.2) is 5.13 Å². The van der Waals surface area contributed by atoms with Crippen LogP contribution < -0.4 is 4.90 Å². The smallest absolute Gasteiger partial charge is 0.260 e. The highest BCUT2D eigenvalue weighted by Crippen LogP contribution is 2.32. The van der Waals surface area contributed by atoms with Gasteiger partial charge in [-0.15, -0.1) is 0 Å². The molecule has 0 aliphatic heterocycles. The lowest BCUT2D eigenvalue weighted by molar-refractivity contribution is 0.0986. The Hall–Kier alpha value is -3.06. The van der Waals surface area contributed by atoms with Crippen LogP contribution in [0, 0.1) is 19.7 Å². The minimum atomic E-state index is -0.426. The molecule has 0 atom stereocenters. The van der Waals surface area contributed by atoms with Crippen LogP contribution in [0.4, 0.5) is 9.52 Å². The highest BCUT2D eigenvalue weighted by atomic mass is 32.1. The number of carbonyl (C=O) groups is 1. The van der Waals surface area contributed by atoms with Crippen LogP contribution in [-0.2, 0) is 6.54 Å². The van der Waals surface area contributed by atoms with Crippen LogP contribution in [0.15, 0.2) is 55.1 Å². The number of aromatic nitrogens is 3. The number of anilines is 1. The molecule has 0 radical (unpaired) electrons. The van der Waals surface area contributed by atoms with Gasteiger partial charge in [-0.25, -0.2) is 14.4 Å². The van der Waals surface area contributed by atoms with Gasteiger partial charge < -0.3 is 4.57 Å². The third kappa shape index (κ3) is 4.05. The number of aryl methyl sites for hydroxylation is 3. The van der Waals surface area contributed by atoms with Crippen molar-refractivity contribution >= 4 is 32.6 Å². The van der Waals surface area contributed by atoms with Gasteiger partial charge >= 0.3 is 0 Å². The maximum Gasteiger partial charge on any atom is 0.260 e. The number of carbonyl (C=O) groups excluding carboxylic acids is 1. The van der Waals surface area contributed by atoms with E-state index in [0.29, 0.717) is 17.2 Å². The first-order valence-electron chi connectivity index (χ1n) is 9.43. The Morgan fingerprint density at radius 1 is 1.24 bits per heavy atom. The van der Waals surface area contributed by atoms with E-state index in [9.17, 15) is 9.18 Å². The Balaban J connectivity index is 1.67. The summed E-state index contributed by atoms with van der Waals surface area (Å²) >= 11 is 1.48. The zero-order chi connectivity index (χ0) is 20.4. The van der Waals surface area contributed by atoms with Crippen LogP contribution in [0.1, 0.15) is 27.9 Å². The second kappa shape index (κ2) is 8.13. The average molecular weight is 409 g/mol. The van der Waals surface area contributed by atoms with Crippen LogP contribution in [0.25, 0.3) is 10.2 Å². The third-order valence-corrected chi connectivity index (χ3v) is 6.02. The summed E-state index contributed by atoms with van der Waals surface area (Å²) in [5.41, 5.74) is 3.51. The molecule has 0 unspecified atom stereocenters. The number of rotatable bonds is 6. The standard InChI is InChI=1S/C22H21FN4OS/c1-15-7-8-19-20(16(15)2)25-22(29-19)27(11-4-10-26-12-9-24-14-26)21(28)17-5-3-6-18(23)13-17/h3,5-9,12-14H,4,10-11H2,1-2H3. The molecule has 0 fully saturated rings. The summed E-state index contributed by atoms with van der Waals surface area (Å²) < 4.78 is 16.7. The van der Waals surface area contributed by atoms with E-state index in [0.717, 1.165) is 34.3 Å². The minimum Gasteiger partial charge on any atom is -0.337 e. The molecule has 0 saturated heterocycles. The number of hydrogen-bond donors (Lipinski definition) is 0. The summed E-state index contributed by atoms with van der Waals surface area (Å²) in [6, 6.07) is 9.90. The lowest BCUT2D eigenvalue weighted by Gasteiger charge is -2.20. The molecule has 0 aliphatic rings. The van der Waals surface area contributed by atoms with E-state index in [2.05, 4.69) is 18.0 Å². The molecule has 148 valence electrons. The monoisotopic (exact) mass is 408 g/mol. The number of hydrogen-bond acceptors (Lipinski definition) is 4. The molecule has 2 heterocycles. The number of imidazole rings is 1. The van der Waals surface area contributed by atoms with Crippen molar-refractivity contribution in [2.45, 2.75) is 26.8 Å². The van der Waals surface area contributed by atoms with Gasteiger partial charge in [0.2, 0.25) is 0 Å². The van der Waals surface area contributed by atoms with Crippen molar-refractivity contribution in [3.05, 3.63) is 77.6 Å². The number of nitrogens with zero attached hydrogens (tertiary/aromatic N) is 4. The van der Waals surface area contributed by atoms with E-state index in [-0.39, 0.29) is 5.91 Å². The predicted molar refractivity (Wildman–Crippen MR) is 114 cm³/mol. The third-order valence-electron chi connectivity index (χ3n) is 4.98. The molecular formula is C22H21FN4OS. The van der Waals surface area contributed by atoms with Crippen molar-refractivity contribution in [1.29, 1.82) is 0 Å². The molecular weight excluding hydrogens is 387 g/mol. The first-order valence-corrected chi connectivity index (χ1v) is 10.2. The van der Waals surface area contributed by atoms with Gasteiger partial charge in [-0.1, -0.05) is 23.5 Å². The summed E-state index contributed by atoms with van der Waals surface area (Å²) in [7, 11) is 0. The molecule has 0 aliphatic carbocycles. The Bertz CT molecular complexity index is 1150. The van der Waals surface area contributed by atoms with E-state index >= 15 is 0 Å². The van der Waals surface area contributed by atoms with E-state index in [1.54, 1.807) is 29.6 Å². The zero-order valence-electron chi connectivity index (χ0n) is 16.3. The average Bonchev–Trinajstić information content (AvgIpc) is 3.38. The Morgan fingerprint density at radius 2 is 2.10 bits per heavy atom. The Morgan fingerprint density at radius 3 is 2.86 bits per heavy atom. The summed E-state index contributed by atoms with van der Waals surface area (Å²) in [5.74, 6) is -0.673. The Labute approximate surface area is 172 Å². The summed E-state index contributed by atoms with van der Waals surface area (Å²) in [4.78, 5) is 23.7. The van der Waals surface area contributed by atoms with Crippen LogP contribution in [0.2, 0.25) is 0 Å². The fraction of sp³-hybridized carbons (Fsp3) is 0.227. The lowest BCUT2D eigenvalue weighted by Crippen LogP contribution is -2.32. The van der Waals surface area contributed by atoms with Crippen molar-refractivity contribution in [3.63, 3.8) is 0 Å². The molecule has 0 spiro atoms. The van der Waals surface area contributed by atoms with Crippen LogP contribution in [-0.4, -0.2) is 27.0 Å². The normalized spacial score (nSPS) is 11.1. The van der Waals surface area contributed by atoms with Gasteiger partial charge in [0.1, 0.15) is 5.82 Å². The molecule has 4 rings (SSSR count). The first-order chi connectivity index (χ1) is 14.0. The molecule has 0 bridgehead atoms. The number of thiazole rings is 1. The molecule has 7 heteroatoms. The van der Waals surface area contributed by atoms with E-state index in [4.69, 9.17) is 4.98 Å². The van der Waals surface area contributed by atoms with E-state index in [1.165, 1.54) is 23.5 Å². The first kappa shape index (κ1) is 19.3. The fourth-order valence-corrected chi connectivity index (χ4v) is 4.27. The van der Waals surface area contributed by atoms with Gasteiger partial charge in [-0.05, 0) is 55.7 Å². The summed E-state index contributed by atoms with van der Waals surface area (Å²) in [6.07, 6.45) is 6.10. The Kier molecular flexibility index (Phi) is 5.40. The van der Waals surface area contributed by atoms with Gasteiger partial charge in [-0.3, -0.25) is 9.69 Å². The van der Waals surface area contributed by atoms with E-state index in [1.807, 2.05) is 23.8 Å². The molecule has 2 aromatic carbocycles. The fourth-order valence-electron chi connectivity index (χ4n) is 3.22. The van der Waals surface area contributed by atoms with Crippen molar-refractivity contribution in [2.24, 2.45) is 0 Å². The summed E-state index contributed by atoms with van der Waals surface area (Å²) in [5, 5.41) is 0.633. The minimum absolute atomic E-state index is 0.247. The number of halogens is 1. The van der Waals surface area contributed by atoms with Crippen molar-refractivity contribution < 1.29 is 9.18 Å². The molecule has 0 saturated carbocycles. The quantitative estimate of drug-likeness (QED) is 0.452. The van der Waals surface area contributed by atoms with E-state index < -0.39 is 5.82 Å². The van der Waals surface area contributed by atoms with Crippen molar-refractivity contribution in [1.82, 2.24) is 14.5 Å². The molecule has 2 aromatic heterocycles. The SMILES string of the molecule is Cc1ccc2sc(N(CCCn3ccnc3)C(=O)c3cccc(F)c3)nc2c1C. The van der Waals surface area contributed by atoms with Gasteiger partial charge in [0.05, 0.1) is 16.5 Å². The van der Waals surface area contributed by atoms with Crippen molar-refractivity contribution in [2.75, 3.05) is 11.4 Å². The molecule has 0 N–H and O–H groups in total. The van der Waals surface area contributed by atoms with Crippen molar-refractivity contribution in [3.8, 4) is 0 Å². The maximum absolute atomic E-state index is 13.7. The second-order valence-electron chi connectivity index (χ2n) is 6.97. The van der Waals surface area contributed by atoms with Crippen LogP contribution in [0.5, 0.6) is 0 Å². The highest BCUT2D eigenvalue weighted by molar-refractivity contribution is 7.22.